The maximum Gasteiger partial charge on any atom is 0.321 e. The van der Waals surface area contributed by atoms with Crippen molar-refractivity contribution >= 4 is 23.9 Å². The van der Waals surface area contributed by atoms with Crippen LogP contribution < -0.4 is 10.6 Å². The van der Waals surface area contributed by atoms with E-state index < -0.39 is 19.3 Å². The van der Waals surface area contributed by atoms with Gasteiger partial charge >= 0.3 is 5.97 Å². The minimum absolute atomic E-state index is 0.631. The van der Waals surface area contributed by atoms with Gasteiger partial charge in [-0.25, -0.2) is 4.67 Å². The van der Waals surface area contributed by atoms with Gasteiger partial charge in [-0.3, -0.25) is 9.36 Å². The topological polar surface area (TPSA) is 57.6 Å². The number of hydrogen-bond acceptors (Lipinski definition) is 2. The molecule has 0 heterocycles. The third-order valence-corrected chi connectivity index (χ3v) is 6.81. The summed E-state index contributed by atoms with van der Waals surface area (Å²) in [5.74, 6) is -0.996. The van der Waals surface area contributed by atoms with Crippen molar-refractivity contribution in [3.8, 4) is 0 Å². The van der Waals surface area contributed by atoms with Crippen molar-refractivity contribution in [2.75, 3.05) is 7.05 Å². The lowest BCUT2D eigenvalue weighted by molar-refractivity contribution is -0.140. The molecule has 2 aromatic rings. The van der Waals surface area contributed by atoms with E-state index in [4.69, 9.17) is 0 Å². The average molecular weight is 303 g/mol. The van der Waals surface area contributed by atoms with E-state index >= 15 is 0 Å². The second-order valence-corrected chi connectivity index (χ2v) is 7.65. The van der Waals surface area contributed by atoms with Crippen LogP contribution in [0, 0.1) is 0 Å². The summed E-state index contributed by atoms with van der Waals surface area (Å²) in [4.78, 5) is 11.3. The Balaban J connectivity index is 2.61. The molecule has 21 heavy (non-hydrogen) atoms. The van der Waals surface area contributed by atoms with E-state index in [1.165, 1.54) is 4.67 Å². The molecule has 0 bridgehead atoms. The zero-order valence-electron chi connectivity index (χ0n) is 12.0. The molecule has 2 aromatic carbocycles. The number of likely N-dealkylation sites (N-methyl/N-ethyl adjacent to an activating group) is 1. The Bertz CT molecular complexity index is 614. The molecule has 0 aliphatic heterocycles. The summed E-state index contributed by atoms with van der Waals surface area (Å²) in [6.45, 7) is 1.54. The molecule has 0 amide bonds. The highest BCUT2D eigenvalue weighted by Crippen LogP contribution is 2.47. The zero-order valence-corrected chi connectivity index (χ0v) is 12.9. The Morgan fingerprint density at radius 1 is 1.00 bits per heavy atom. The molecule has 4 nitrogen and oxygen atoms in total. The zero-order chi connectivity index (χ0) is 15.5. The van der Waals surface area contributed by atoms with Gasteiger partial charge in [0.05, 0.1) is 0 Å². The van der Waals surface area contributed by atoms with Crippen molar-refractivity contribution in [1.29, 1.82) is 0 Å². The predicted molar refractivity (Wildman–Crippen MR) is 84.6 cm³/mol. The number of carboxylic acid groups (broad SMARTS) is 1. The molecule has 0 aliphatic rings. The maximum atomic E-state index is 13.7. The van der Waals surface area contributed by atoms with Gasteiger partial charge in [0.2, 0.25) is 7.29 Å². The lowest BCUT2D eigenvalue weighted by Crippen LogP contribution is -2.39. The fraction of sp³-hybridized carbons (Fsp3) is 0.188. The second-order valence-electron chi connectivity index (χ2n) is 4.84. The molecular weight excluding hydrogens is 285 g/mol. The average Bonchev–Trinajstić information content (AvgIpc) is 2.54. The number of aliphatic carboxylic acids is 1. The van der Waals surface area contributed by atoms with Gasteiger partial charge in [-0.15, -0.1) is 0 Å². The van der Waals surface area contributed by atoms with Crippen LogP contribution in [0.4, 0.5) is 0 Å². The number of rotatable bonds is 5. The molecule has 2 rings (SSSR count). The number of carbonyl (C=O) groups is 1. The van der Waals surface area contributed by atoms with Crippen LogP contribution in [0.3, 0.4) is 0 Å². The fourth-order valence-electron chi connectivity index (χ4n) is 2.18. The lowest BCUT2D eigenvalue weighted by Gasteiger charge is -2.31. The Hall–Kier alpha value is -1.90. The molecule has 0 aromatic heterocycles. The van der Waals surface area contributed by atoms with Gasteiger partial charge in [0.1, 0.15) is 6.04 Å². The van der Waals surface area contributed by atoms with Gasteiger partial charge in [0.25, 0.3) is 0 Å². The van der Waals surface area contributed by atoms with Gasteiger partial charge in [0.15, 0.2) is 0 Å². The van der Waals surface area contributed by atoms with Gasteiger partial charge in [-0.1, -0.05) is 36.4 Å². The van der Waals surface area contributed by atoms with Crippen LogP contribution in [0.2, 0.25) is 0 Å². The highest BCUT2D eigenvalue weighted by atomic mass is 31.2. The molecule has 1 atom stereocenters. The minimum atomic E-state index is -3.17. The summed E-state index contributed by atoms with van der Waals surface area (Å²) in [5.41, 5.74) is 0. The van der Waals surface area contributed by atoms with Crippen LogP contribution in [0.5, 0.6) is 0 Å². The quantitative estimate of drug-likeness (QED) is 0.861. The van der Waals surface area contributed by atoms with Crippen molar-refractivity contribution in [2.24, 2.45) is 0 Å². The van der Waals surface area contributed by atoms with Crippen LogP contribution in [0.25, 0.3) is 0 Å². The molecule has 0 unspecified atom stereocenters. The molecule has 0 radical (unpaired) electrons. The SMILES string of the molecule is C[C@@H](C(=O)O)N(C)P(=O)(c1ccccc1)c1ccccc1. The Kier molecular flexibility index (Phi) is 4.61. The molecule has 0 aliphatic carbocycles. The molecule has 0 saturated heterocycles. The van der Waals surface area contributed by atoms with E-state index in [0.717, 1.165) is 0 Å². The van der Waals surface area contributed by atoms with Gasteiger partial charge in [0, 0.05) is 10.6 Å². The van der Waals surface area contributed by atoms with E-state index in [2.05, 4.69) is 0 Å². The van der Waals surface area contributed by atoms with Crippen LogP contribution in [-0.4, -0.2) is 28.8 Å². The normalized spacial score (nSPS) is 13.1. The molecule has 0 spiro atoms. The van der Waals surface area contributed by atoms with Crippen molar-refractivity contribution in [2.45, 2.75) is 13.0 Å². The maximum absolute atomic E-state index is 13.7. The highest BCUT2D eigenvalue weighted by Gasteiger charge is 2.37. The van der Waals surface area contributed by atoms with Crippen molar-refractivity contribution in [3.05, 3.63) is 60.7 Å². The Morgan fingerprint density at radius 2 is 1.38 bits per heavy atom. The van der Waals surface area contributed by atoms with Crippen LogP contribution >= 0.6 is 7.29 Å². The van der Waals surface area contributed by atoms with Gasteiger partial charge < -0.3 is 5.11 Å². The van der Waals surface area contributed by atoms with Crippen molar-refractivity contribution in [3.63, 3.8) is 0 Å². The van der Waals surface area contributed by atoms with Gasteiger partial charge in [-0.2, -0.15) is 0 Å². The first-order valence-corrected chi connectivity index (χ1v) is 8.31. The molecule has 110 valence electrons. The first kappa shape index (κ1) is 15.5. The Labute approximate surface area is 124 Å². The molecule has 0 saturated carbocycles. The predicted octanol–water partition coefficient (Wildman–Crippen LogP) is 2.32. The molecule has 1 N–H and O–H groups in total. The summed E-state index contributed by atoms with van der Waals surface area (Å²) in [6.07, 6.45) is 0. The van der Waals surface area contributed by atoms with Crippen molar-refractivity contribution in [1.82, 2.24) is 4.67 Å². The van der Waals surface area contributed by atoms with Gasteiger partial charge in [-0.05, 0) is 38.2 Å². The third-order valence-electron chi connectivity index (χ3n) is 3.57. The smallest absolute Gasteiger partial charge is 0.321 e. The second kappa shape index (κ2) is 6.25. The standard InChI is InChI=1S/C16H18NO3P/c1-13(16(18)19)17(2)21(20,14-9-5-3-6-10-14)15-11-7-4-8-12-15/h3-13H,1-2H3,(H,18,19)/t13-/m0/s1. The largest absolute Gasteiger partial charge is 0.480 e. The summed E-state index contributed by atoms with van der Waals surface area (Å²) in [7, 11) is -1.58. The molecule has 0 fully saturated rings. The lowest BCUT2D eigenvalue weighted by atomic mass is 10.4. The summed E-state index contributed by atoms with van der Waals surface area (Å²) < 4.78 is 15.2. The Morgan fingerprint density at radius 3 is 1.71 bits per heavy atom. The van der Waals surface area contributed by atoms with E-state index in [1.807, 2.05) is 36.4 Å². The first-order chi connectivity index (χ1) is 9.98. The minimum Gasteiger partial charge on any atom is -0.480 e. The first-order valence-electron chi connectivity index (χ1n) is 6.65. The monoisotopic (exact) mass is 303 g/mol. The van der Waals surface area contributed by atoms with Crippen LogP contribution in [0.1, 0.15) is 6.92 Å². The van der Waals surface area contributed by atoms with Crippen molar-refractivity contribution < 1.29 is 14.5 Å². The third kappa shape index (κ3) is 2.92. The number of carboxylic acids is 1. The van der Waals surface area contributed by atoms with E-state index in [1.54, 1.807) is 38.2 Å². The highest BCUT2D eigenvalue weighted by molar-refractivity contribution is 7.76. The number of benzene rings is 2. The summed E-state index contributed by atoms with van der Waals surface area (Å²) in [5, 5.41) is 10.5. The molecule has 5 heteroatoms. The summed E-state index contributed by atoms with van der Waals surface area (Å²) in [6, 6.07) is 17.2. The molecular formula is C16H18NO3P. The number of nitrogens with zero attached hydrogens (tertiary/aromatic N) is 1. The van der Waals surface area contributed by atoms with E-state index in [9.17, 15) is 14.5 Å². The van der Waals surface area contributed by atoms with Crippen LogP contribution in [0.15, 0.2) is 60.7 Å². The van der Waals surface area contributed by atoms with E-state index in [0.29, 0.717) is 10.6 Å². The summed E-state index contributed by atoms with van der Waals surface area (Å²) >= 11 is 0. The van der Waals surface area contributed by atoms with Crippen LogP contribution in [-0.2, 0) is 9.36 Å². The van der Waals surface area contributed by atoms with E-state index in [-0.39, 0.29) is 0 Å². The fourth-order valence-corrected chi connectivity index (χ4v) is 4.94. The number of hydrogen-bond donors (Lipinski definition) is 1.